The van der Waals surface area contributed by atoms with Gasteiger partial charge in [0.2, 0.25) is 10.0 Å². The van der Waals surface area contributed by atoms with Gasteiger partial charge in [0.25, 0.3) is 0 Å². The second kappa shape index (κ2) is 6.84. The molecule has 0 spiro atoms. The second-order valence-corrected chi connectivity index (χ2v) is 8.70. The lowest BCUT2D eigenvalue weighted by atomic mass is 10.2. The van der Waals surface area contributed by atoms with Gasteiger partial charge in [0, 0.05) is 6.54 Å². The van der Waals surface area contributed by atoms with Crippen molar-refractivity contribution in [1.29, 1.82) is 0 Å². The van der Waals surface area contributed by atoms with Crippen molar-refractivity contribution in [3.8, 4) is 0 Å². The van der Waals surface area contributed by atoms with E-state index in [0.29, 0.717) is 36.2 Å². The average molecular weight is 389 g/mol. The summed E-state index contributed by atoms with van der Waals surface area (Å²) in [6, 6.07) is 2.76. The summed E-state index contributed by atoms with van der Waals surface area (Å²) in [6.07, 6.45) is -1.36. The Morgan fingerprint density at radius 2 is 1.96 bits per heavy atom. The van der Waals surface area contributed by atoms with Crippen LogP contribution in [0.1, 0.15) is 57.0 Å². The summed E-state index contributed by atoms with van der Waals surface area (Å²) in [5.41, 5.74) is 0.0244. The van der Waals surface area contributed by atoms with Gasteiger partial charge in [-0.25, -0.2) is 18.1 Å². The van der Waals surface area contributed by atoms with E-state index < -0.39 is 33.1 Å². The molecule has 1 aliphatic rings. The number of sulfonamides is 1. The van der Waals surface area contributed by atoms with Crippen molar-refractivity contribution in [1.82, 2.24) is 14.3 Å². The maximum absolute atomic E-state index is 13.0. The highest BCUT2D eigenvalue weighted by Crippen LogP contribution is 2.32. The van der Waals surface area contributed by atoms with Crippen LogP contribution in [0, 0.1) is 0 Å². The van der Waals surface area contributed by atoms with Gasteiger partial charge in [0.05, 0.1) is 27.9 Å². The zero-order valence-corrected chi connectivity index (χ0v) is 15.5. The average Bonchev–Trinajstić information content (AvgIpc) is 3.20. The normalized spacial score (nSPS) is 17.9. The molecule has 3 rings (SSSR count). The molecule has 9 heteroatoms. The molecule has 1 saturated carbocycles. The van der Waals surface area contributed by atoms with E-state index in [0.717, 1.165) is 25.0 Å². The van der Waals surface area contributed by atoms with Crippen molar-refractivity contribution in [2.45, 2.75) is 63.5 Å². The molecular formula is C17H22F3N3O2S. The smallest absolute Gasteiger partial charge is 0.327 e. The predicted octanol–water partition coefficient (Wildman–Crippen LogP) is 4.00. The standard InChI is InChI=1S/C17H22F3N3O2S/c1-3-23-15-10-12(17(18,19)20)8-9-14(15)21-16(23)11(2)22-26(24,25)13-6-4-5-7-13/h8-11,13,22H,3-7H2,1-2H3/t11-/m1/s1. The Kier molecular flexibility index (Phi) is 5.04. The van der Waals surface area contributed by atoms with Gasteiger partial charge in [0.1, 0.15) is 5.82 Å². The topological polar surface area (TPSA) is 64.0 Å². The molecule has 0 bridgehead atoms. The fourth-order valence-electron chi connectivity index (χ4n) is 3.57. The zero-order chi connectivity index (χ0) is 19.1. The van der Waals surface area contributed by atoms with Crippen LogP contribution in [0.2, 0.25) is 0 Å². The van der Waals surface area contributed by atoms with Crippen molar-refractivity contribution in [2.75, 3.05) is 0 Å². The van der Waals surface area contributed by atoms with Crippen LogP contribution in [0.25, 0.3) is 11.0 Å². The number of hydrogen-bond acceptors (Lipinski definition) is 3. The van der Waals surface area contributed by atoms with Crippen LogP contribution < -0.4 is 4.72 Å². The van der Waals surface area contributed by atoms with Gasteiger partial charge in [-0.15, -0.1) is 0 Å². The molecular weight excluding hydrogens is 367 g/mol. The quantitative estimate of drug-likeness (QED) is 0.841. The first-order valence-corrected chi connectivity index (χ1v) is 10.3. The molecule has 1 heterocycles. The van der Waals surface area contributed by atoms with E-state index in [2.05, 4.69) is 9.71 Å². The van der Waals surface area contributed by atoms with Gasteiger partial charge in [-0.05, 0) is 44.9 Å². The summed E-state index contributed by atoms with van der Waals surface area (Å²) >= 11 is 0. The second-order valence-electron chi connectivity index (χ2n) is 6.71. The van der Waals surface area contributed by atoms with Crippen molar-refractivity contribution >= 4 is 21.1 Å². The van der Waals surface area contributed by atoms with E-state index >= 15 is 0 Å². The zero-order valence-electron chi connectivity index (χ0n) is 14.7. The van der Waals surface area contributed by atoms with Gasteiger partial charge in [-0.3, -0.25) is 0 Å². The number of benzene rings is 1. The highest BCUT2D eigenvalue weighted by atomic mass is 32.2. The third-order valence-corrected chi connectivity index (χ3v) is 6.92. The molecule has 0 unspecified atom stereocenters. The summed E-state index contributed by atoms with van der Waals surface area (Å²) in [4.78, 5) is 4.39. The lowest BCUT2D eigenvalue weighted by Gasteiger charge is -2.18. The summed E-state index contributed by atoms with van der Waals surface area (Å²) in [5.74, 6) is 0.420. The van der Waals surface area contributed by atoms with E-state index in [9.17, 15) is 21.6 Å². The Balaban J connectivity index is 1.96. The number of hydrogen-bond donors (Lipinski definition) is 1. The molecule has 26 heavy (non-hydrogen) atoms. The number of fused-ring (bicyclic) bond motifs is 1. The summed E-state index contributed by atoms with van der Waals surface area (Å²) in [5, 5.41) is -0.402. The molecule has 1 aliphatic carbocycles. The summed E-state index contributed by atoms with van der Waals surface area (Å²) < 4.78 is 68.3. The van der Waals surface area contributed by atoms with Gasteiger partial charge in [0.15, 0.2) is 0 Å². The van der Waals surface area contributed by atoms with Crippen molar-refractivity contribution < 1.29 is 21.6 Å². The number of nitrogens with one attached hydrogen (secondary N) is 1. The first-order chi connectivity index (χ1) is 12.1. The number of aromatic nitrogens is 2. The van der Waals surface area contributed by atoms with Gasteiger partial charge in [-0.2, -0.15) is 13.2 Å². The molecule has 1 aromatic carbocycles. The molecule has 0 aliphatic heterocycles. The van der Waals surface area contributed by atoms with Gasteiger partial charge in [-0.1, -0.05) is 12.8 Å². The molecule has 1 N–H and O–H groups in total. The molecule has 1 aromatic heterocycles. The van der Waals surface area contributed by atoms with Crippen molar-refractivity contribution in [2.24, 2.45) is 0 Å². The molecule has 5 nitrogen and oxygen atoms in total. The molecule has 2 aromatic rings. The number of rotatable bonds is 5. The van der Waals surface area contributed by atoms with Crippen LogP contribution in [0.4, 0.5) is 13.2 Å². The van der Waals surface area contributed by atoms with Crippen LogP contribution in [0.15, 0.2) is 18.2 Å². The maximum atomic E-state index is 13.0. The first-order valence-electron chi connectivity index (χ1n) is 8.72. The minimum Gasteiger partial charge on any atom is -0.327 e. The Morgan fingerprint density at radius 3 is 2.54 bits per heavy atom. The first kappa shape index (κ1) is 19.2. The largest absolute Gasteiger partial charge is 0.416 e. The number of alkyl halides is 3. The third kappa shape index (κ3) is 3.59. The molecule has 1 fully saturated rings. The minimum atomic E-state index is -4.44. The summed E-state index contributed by atoms with van der Waals surface area (Å²) in [6.45, 7) is 3.86. The molecule has 0 saturated heterocycles. The number of nitrogens with zero attached hydrogens (tertiary/aromatic N) is 2. The lowest BCUT2D eigenvalue weighted by molar-refractivity contribution is -0.137. The minimum absolute atomic E-state index is 0.351. The van der Waals surface area contributed by atoms with Crippen molar-refractivity contribution in [3.05, 3.63) is 29.6 Å². The SMILES string of the molecule is CCn1c([C@@H](C)NS(=O)(=O)C2CCCC2)nc2ccc(C(F)(F)F)cc21. The van der Waals surface area contributed by atoms with Gasteiger partial charge < -0.3 is 4.57 Å². The van der Waals surface area contributed by atoms with Crippen LogP contribution in [-0.2, 0) is 22.7 Å². The van der Waals surface area contributed by atoms with Gasteiger partial charge >= 0.3 is 6.18 Å². The van der Waals surface area contributed by atoms with E-state index in [-0.39, 0.29) is 0 Å². The summed E-state index contributed by atoms with van der Waals surface area (Å²) in [7, 11) is -3.48. The van der Waals surface area contributed by atoms with Crippen LogP contribution in [0.5, 0.6) is 0 Å². The fraction of sp³-hybridized carbons (Fsp3) is 0.588. The number of aryl methyl sites for hydroxylation is 1. The highest BCUT2D eigenvalue weighted by molar-refractivity contribution is 7.90. The van der Waals surface area contributed by atoms with Crippen LogP contribution in [0.3, 0.4) is 0 Å². The lowest BCUT2D eigenvalue weighted by Crippen LogP contribution is -2.35. The van der Waals surface area contributed by atoms with E-state index in [1.165, 1.54) is 6.07 Å². The van der Waals surface area contributed by atoms with Crippen LogP contribution >= 0.6 is 0 Å². The van der Waals surface area contributed by atoms with E-state index in [1.807, 2.05) is 0 Å². The monoisotopic (exact) mass is 389 g/mol. The van der Waals surface area contributed by atoms with Crippen LogP contribution in [-0.4, -0.2) is 23.2 Å². The van der Waals surface area contributed by atoms with E-state index in [1.54, 1.807) is 18.4 Å². The van der Waals surface area contributed by atoms with E-state index in [4.69, 9.17) is 0 Å². The molecule has 144 valence electrons. The Labute approximate surface area is 150 Å². The highest BCUT2D eigenvalue weighted by Gasteiger charge is 2.33. The molecule has 1 atom stereocenters. The number of imidazole rings is 1. The Bertz CT molecular complexity index is 900. The predicted molar refractivity (Wildman–Crippen MR) is 93.1 cm³/mol. The molecule has 0 radical (unpaired) electrons. The number of halogens is 3. The Hall–Kier alpha value is -1.61. The molecule has 0 amide bonds. The fourth-order valence-corrected chi connectivity index (χ4v) is 5.32. The maximum Gasteiger partial charge on any atom is 0.416 e. The Morgan fingerprint density at radius 1 is 1.31 bits per heavy atom. The van der Waals surface area contributed by atoms with Crippen molar-refractivity contribution in [3.63, 3.8) is 0 Å². The third-order valence-electron chi connectivity index (χ3n) is 4.89.